The Hall–Kier alpha value is -1.47. The summed E-state index contributed by atoms with van der Waals surface area (Å²) in [5, 5.41) is 2.81. The Labute approximate surface area is 138 Å². The van der Waals surface area contributed by atoms with E-state index in [0.29, 0.717) is 6.54 Å². The van der Waals surface area contributed by atoms with Gasteiger partial charge in [-0.05, 0) is 24.5 Å². The topological polar surface area (TPSA) is 79.4 Å². The monoisotopic (exact) mass is 339 g/mol. The lowest BCUT2D eigenvalue weighted by atomic mass is 9.95. The van der Waals surface area contributed by atoms with Crippen molar-refractivity contribution in [3.05, 3.63) is 30.1 Å². The molecule has 1 aliphatic rings. The largest absolute Gasteiger partial charge is 0.352 e. The van der Waals surface area contributed by atoms with Crippen LogP contribution in [0.15, 0.2) is 24.5 Å². The summed E-state index contributed by atoms with van der Waals surface area (Å²) in [6.45, 7) is 0.664. The molecule has 6 nitrogen and oxygen atoms in total. The second kappa shape index (κ2) is 8.40. The van der Waals surface area contributed by atoms with E-state index in [-0.39, 0.29) is 24.9 Å². The van der Waals surface area contributed by atoms with E-state index in [2.05, 4.69) is 10.3 Å². The zero-order valence-electron chi connectivity index (χ0n) is 13.6. The third-order valence-electron chi connectivity index (χ3n) is 4.18. The molecule has 1 aromatic heterocycles. The molecule has 1 N–H and O–H groups in total. The summed E-state index contributed by atoms with van der Waals surface area (Å²) >= 11 is 0. The lowest BCUT2D eigenvalue weighted by Gasteiger charge is -2.32. The molecule has 0 saturated heterocycles. The molecule has 0 radical (unpaired) electrons. The normalized spacial score (nSPS) is 16.4. The van der Waals surface area contributed by atoms with Crippen molar-refractivity contribution in [1.82, 2.24) is 14.6 Å². The second-order valence-corrected chi connectivity index (χ2v) is 7.99. The number of hydrogen-bond donors (Lipinski definition) is 1. The van der Waals surface area contributed by atoms with Crippen LogP contribution >= 0.6 is 0 Å². The molecular weight excluding hydrogens is 314 g/mol. The van der Waals surface area contributed by atoms with E-state index >= 15 is 0 Å². The highest BCUT2D eigenvalue weighted by Gasteiger charge is 2.28. The highest BCUT2D eigenvalue weighted by atomic mass is 32.2. The van der Waals surface area contributed by atoms with E-state index in [1.807, 2.05) is 12.1 Å². The molecule has 0 aromatic carbocycles. The van der Waals surface area contributed by atoms with Gasteiger partial charge in [-0.2, -0.15) is 4.31 Å². The Kier molecular flexibility index (Phi) is 6.53. The van der Waals surface area contributed by atoms with Crippen LogP contribution < -0.4 is 5.32 Å². The maximum Gasteiger partial charge on any atom is 0.221 e. The van der Waals surface area contributed by atoms with E-state index in [1.54, 1.807) is 12.4 Å². The molecule has 1 aromatic rings. The molecule has 0 atom stereocenters. The minimum absolute atomic E-state index is 0.0462. The minimum Gasteiger partial charge on any atom is -0.352 e. The summed E-state index contributed by atoms with van der Waals surface area (Å²) in [5.74, 6) is -0.140. The van der Waals surface area contributed by atoms with Crippen molar-refractivity contribution in [2.45, 2.75) is 51.1 Å². The minimum atomic E-state index is -3.28. The molecular formula is C16H25N3O3S. The molecule has 1 heterocycles. The van der Waals surface area contributed by atoms with Crippen molar-refractivity contribution in [3.63, 3.8) is 0 Å². The van der Waals surface area contributed by atoms with E-state index < -0.39 is 10.0 Å². The standard InChI is InChI=1S/C16H25N3O3S/c1-23(21,22)19(15-7-3-2-4-8-15)11-9-16(20)18-13-14-6-5-10-17-12-14/h5-6,10,12,15H,2-4,7-9,11,13H2,1H3,(H,18,20). The van der Waals surface area contributed by atoms with Crippen molar-refractivity contribution in [3.8, 4) is 0 Å². The molecule has 1 saturated carbocycles. The van der Waals surface area contributed by atoms with E-state index in [1.165, 1.54) is 17.0 Å². The molecule has 0 unspecified atom stereocenters. The first-order valence-electron chi connectivity index (χ1n) is 8.09. The SMILES string of the molecule is CS(=O)(=O)N(CCC(=O)NCc1cccnc1)C1CCCCC1. The van der Waals surface area contributed by atoms with Crippen molar-refractivity contribution in [2.24, 2.45) is 0 Å². The summed E-state index contributed by atoms with van der Waals surface area (Å²) in [4.78, 5) is 16.0. The third-order valence-corrected chi connectivity index (χ3v) is 5.51. The zero-order valence-corrected chi connectivity index (χ0v) is 14.4. The predicted molar refractivity (Wildman–Crippen MR) is 89.1 cm³/mol. The number of carbonyl (C=O) groups excluding carboxylic acids is 1. The summed E-state index contributed by atoms with van der Waals surface area (Å²) in [6.07, 6.45) is 9.87. The molecule has 1 aliphatic carbocycles. The highest BCUT2D eigenvalue weighted by molar-refractivity contribution is 7.88. The van der Waals surface area contributed by atoms with E-state index in [4.69, 9.17) is 0 Å². The number of nitrogens with one attached hydrogen (secondary N) is 1. The van der Waals surface area contributed by atoms with Crippen LogP contribution in [0.4, 0.5) is 0 Å². The average molecular weight is 339 g/mol. The van der Waals surface area contributed by atoms with E-state index in [0.717, 1.165) is 31.2 Å². The summed E-state index contributed by atoms with van der Waals surface area (Å²) in [5.41, 5.74) is 0.924. The molecule has 1 fully saturated rings. The Balaban J connectivity index is 1.84. The summed E-state index contributed by atoms with van der Waals surface area (Å²) in [7, 11) is -3.28. The number of pyridine rings is 1. The molecule has 0 spiro atoms. The van der Waals surface area contributed by atoms with Crippen LogP contribution in [0.5, 0.6) is 0 Å². The highest BCUT2D eigenvalue weighted by Crippen LogP contribution is 2.24. The van der Waals surface area contributed by atoms with Crippen molar-refractivity contribution < 1.29 is 13.2 Å². The van der Waals surface area contributed by atoms with Crippen molar-refractivity contribution in [1.29, 1.82) is 0 Å². The van der Waals surface area contributed by atoms with E-state index in [9.17, 15) is 13.2 Å². The predicted octanol–water partition coefficient (Wildman–Crippen LogP) is 1.68. The molecule has 0 aliphatic heterocycles. The quantitative estimate of drug-likeness (QED) is 0.820. The van der Waals surface area contributed by atoms with Gasteiger partial charge in [-0.3, -0.25) is 9.78 Å². The second-order valence-electron chi connectivity index (χ2n) is 6.05. The van der Waals surface area contributed by atoms with Gasteiger partial charge in [-0.25, -0.2) is 8.42 Å². The lowest BCUT2D eigenvalue weighted by molar-refractivity contribution is -0.121. The third kappa shape index (κ3) is 5.91. The molecule has 23 heavy (non-hydrogen) atoms. The van der Waals surface area contributed by atoms with Crippen molar-refractivity contribution in [2.75, 3.05) is 12.8 Å². The van der Waals surface area contributed by atoms with Gasteiger partial charge in [0.1, 0.15) is 0 Å². The van der Waals surface area contributed by atoms with Crippen LogP contribution in [0.1, 0.15) is 44.1 Å². The fourth-order valence-corrected chi connectivity index (χ4v) is 4.17. The van der Waals surface area contributed by atoms with Crippen LogP contribution in [-0.4, -0.2) is 42.5 Å². The number of nitrogens with zero attached hydrogens (tertiary/aromatic N) is 2. The number of hydrogen-bond acceptors (Lipinski definition) is 4. The maximum absolute atomic E-state index is 12.0. The van der Waals surface area contributed by atoms with Gasteiger partial charge in [-0.15, -0.1) is 0 Å². The molecule has 0 bridgehead atoms. The first-order valence-corrected chi connectivity index (χ1v) is 9.94. The van der Waals surface area contributed by atoms with Gasteiger partial charge < -0.3 is 5.32 Å². The number of aromatic nitrogens is 1. The van der Waals surface area contributed by atoms with Crippen LogP contribution in [0.25, 0.3) is 0 Å². The van der Waals surface area contributed by atoms with Gasteiger partial charge in [0.2, 0.25) is 15.9 Å². The van der Waals surface area contributed by atoms with Gasteiger partial charge in [0.05, 0.1) is 6.26 Å². The number of carbonyl (C=O) groups is 1. The number of amides is 1. The van der Waals surface area contributed by atoms with Crippen LogP contribution in [0, 0.1) is 0 Å². The van der Waals surface area contributed by atoms with Crippen LogP contribution in [0.2, 0.25) is 0 Å². The van der Waals surface area contributed by atoms with Gasteiger partial charge in [0.15, 0.2) is 0 Å². The average Bonchev–Trinajstić information content (AvgIpc) is 2.54. The number of rotatable bonds is 7. The first kappa shape index (κ1) is 17.9. The Bertz CT molecular complexity index is 598. The first-order chi connectivity index (χ1) is 11.0. The maximum atomic E-state index is 12.0. The van der Waals surface area contributed by atoms with Gasteiger partial charge in [-0.1, -0.05) is 25.3 Å². The molecule has 128 valence electrons. The smallest absolute Gasteiger partial charge is 0.221 e. The van der Waals surface area contributed by atoms with Gasteiger partial charge in [0, 0.05) is 37.9 Å². The molecule has 1 amide bonds. The zero-order chi connectivity index (χ0) is 16.7. The Morgan fingerprint density at radius 3 is 2.70 bits per heavy atom. The summed E-state index contributed by atoms with van der Waals surface area (Å²) < 4.78 is 25.5. The Morgan fingerprint density at radius 1 is 1.35 bits per heavy atom. The molecule has 2 rings (SSSR count). The fraction of sp³-hybridized carbons (Fsp3) is 0.625. The van der Waals surface area contributed by atoms with Gasteiger partial charge in [0.25, 0.3) is 0 Å². The van der Waals surface area contributed by atoms with Gasteiger partial charge >= 0.3 is 0 Å². The fourth-order valence-electron chi connectivity index (χ4n) is 2.99. The Morgan fingerprint density at radius 2 is 2.09 bits per heavy atom. The van der Waals surface area contributed by atoms with Crippen LogP contribution in [-0.2, 0) is 21.4 Å². The lowest BCUT2D eigenvalue weighted by Crippen LogP contribution is -2.42. The van der Waals surface area contributed by atoms with Crippen LogP contribution in [0.3, 0.4) is 0 Å². The van der Waals surface area contributed by atoms with Crippen molar-refractivity contribution >= 4 is 15.9 Å². The number of sulfonamides is 1. The summed E-state index contributed by atoms with van der Waals surface area (Å²) in [6, 6.07) is 3.75. The molecule has 7 heteroatoms.